The van der Waals surface area contributed by atoms with E-state index in [1.54, 1.807) is 38.4 Å². The fourth-order valence-corrected chi connectivity index (χ4v) is 4.12. The molecule has 1 aromatic heterocycles. The average Bonchev–Trinajstić information content (AvgIpc) is 3.27. The zero-order valence-corrected chi connectivity index (χ0v) is 23.4. The Hall–Kier alpha value is -4.81. The lowest BCUT2D eigenvalue weighted by atomic mass is 10.2. The van der Waals surface area contributed by atoms with Crippen molar-refractivity contribution in [3.05, 3.63) is 102 Å². The molecule has 1 unspecified atom stereocenters. The van der Waals surface area contributed by atoms with Gasteiger partial charge in [0.1, 0.15) is 19.0 Å². The summed E-state index contributed by atoms with van der Waals surface area (Å²) >= 11 is -2.89. The smallest absolute Gasteiger partial charge is 0.428 e. The van der Waals surface area contributed by atoms with Crippen molar-refractivity contribution in [2.24, 2.45) is 0 Å². The third kappa shape index (κ3) is 7.24. The van der Waals surface area contributed by atoms with E-state index in [2.05, 4.69) is 9.50 Å². The fourth-order valence-electron chi connectivity index (χ4n) is 3.95. The first kappa shape index (κ1) is 29.2. The van der Waals surface area contributed by atoms with E-state index in [0.717, 1.165) is 11.1 Å². The van der Waals surface area contributed by atoms with E-state index < -0.39 is 23.4 Å². The maximum atomic E-state index is 13.7. The highest BCUT2D eigenvalue weighted by molar-refractivity contribution is 7.74. The number of hydrogen-bond donors (Lipinski definition) is 2. The van der Waals surface area contributed by atoms with Crippen molar-refractivity contribution in [3.63, 3.8) is 0 Å². The van der Waals surface area contributed by atoms with Crippen LogP contribution in [0.4, 0.5) is 10.6 Å². The molecule has 0 spiro atoms. The number of amides is 2. The Bertz CT molecular complexity index is 1510. The third-order valence-corrected chi connectivity index (χ3v) is 6.14. The number of hydrogen-bond acceptors (Lipinski definition) is 7. The number of benzene rings is 3. The van der Waals surface area contributed by atoms with Gasteiger partial charge in [-0.1, -0.05) is 60.7 Å². The summed E-state index contributed by atoms with van der Waals surface area (Å²) in [6, 6.07) is 25.3. The van der Waals surface area contributed by atoms with Gasteiger partial charge in [0.15, 0.2) is 17.3 Å². The number of nitrogens with one attached hydrogen (secondary N) is 1. The van der Waals surface area contributed by atoms with Gasteiger partial charge in [-0.05, 0) is 35.4 Å². The number of carbonyl (C=O) groups excluding carboxylic acids is 2. The SMILES string of the molecule is COc1ccc(-n2c(NC(=O)OS(=O)O)c(OCc3ccccc3)c(OCc3ccccc3)c2C(=O)N(C)C)cc1. The number of rotatable bonds is 11. The summed E-state index contributed by atoms with van der Waals surface area (Å²) in [5, 5.41) is 2.47. The Kier molecular flexibility index (Phi) is 9.61. The standard InChI is InChI=1S/C29H29N3O8S/c1-31(2)28(33)24-25(38-18-20-10-6-4-7-11-20)26(39-19-21-12-8-5-9-13-21)27(30-29(34)40-41(35)36)32(24)22-14-16-23(37-3)17-15-22/h4-17H,18-19H2,1-3H3,(H,30,34)(H,35,36). The predicted molar refractivity (Wildman–Crippen MR) is 153 cm³/mol. The first-order chi connectivity index (χ1) is 19.8. The highest BCUT2D eigenvalue weighted by Gasteiger charge is 2.33. The second kappa shape index (κ2) is 13.5. The Morgan fingerprint density at radius 1 is 0.854 bits per heavy atom. The molecule has 1 atom stereocenters. The van der Waals surface area contributed by atoms with Gasteiger partial charge in [-0.15, -0.1) is 0 Å². The maximum absolute atomic E-state index is 13.7. The zero-order valence-electron chi connectivity index (χ0n) is 22.6. The monoisotopic (exact) mass is 579 g/mol. The molecule has 4 rings (SSSR count). The van der Waals surface area contributed by atoms with Crippen molar-refractivity contribution < 1.29 is 36.7 Å². The first-order valence-electron chi connectivity index (χ1n) is 12.4. The molecule has 0 radical (unpaired) electrons. The quantitative estimate of drug-likeness (QED) is 0.237. The Morgan fingerprint density at radius 2 is 1.39 bits per heavy atom. The minimum absolute atomic E-state index is 0.0199. The first-order valence-corrected chi connectivity index (χ1v) is 13.4. The van der Waals surface area contributed by atoms with Crippen molar-refractivity contribution in [2.75, 3.05) is 26.5 Å². The molecule has 0 saturated heterocycles. The average molecular weight is 580 g/mol. The van der Waals surface area contributed by atoms with Crippen LogP contribution in [0.3, 0.4) is 0 Å². The van der Waals surface area contributed by atoms with Crippen molar-refractivity contribution >= 4 is 29.2 Å². The number of anilines is 1. The van der Waals surface area contributed by atoms with Gasteiger partial charge in [-0.3, -0.25) is 19.2 Å². The minimum atomic E-state index is -2.89. The topological polar surface area (TPSA) is 129 Å². The molecule has 2 N–H and O–H groups in total. The molecule has 4 aromatic rings. The molecule has 0 aliphatic rings. The molecule has 12 heteroatoms. The molecule has 0 aliphatic heterocycles. The van der Waals surface area contributed by atoms with Crippen LogP contribution < -0.4 is 19.5 Å². The molecule has 11 nitrogen and oxygen atoms in total. The molecule has 3 aromatic carbocycles. The van der Waals surface area contributed by atoms with Crippen molar-refractivity contribution in [1.82, 2.24) is 9.47 Å². The summed E-state index contributed by atoms with van der Waals surface area (Å²) in [6.45, 7) is 0.133. The summed E-state index contributed by atoms with van der Waals surface area (Å²) in [6.07, 6.45) is -1.25. The van der Waals surface area contributed by atoms with Gasteiger partial charge in [0.2, 0.25) is 5.75 Å². The third-order valence-electron chi connectivity index (χ3n) is 5.84. The van der Waals surface area contributed by atoms with Crippen LogP contribution in [-0.4, -0.2) is 51.4 Å². The van der Waals surface area contributed by atoms with Gasteiger partial charge in [0, 0.05) is 19.8 Å². The van der Waals surface area contributed by atoms with E-state index in [9.17, 15) is 13.8 Å². The number of carbonyl (C=O) groups is 2. The van der Waals surface area contributed by atoms with E-state index in [1.807, 2.05) is 60.7 Å². The molecule has 0 fully saturated rings. The second-order valence-corrected chi connectivity index (χ2v) is 9.45. The van der Waals surface area contributed by atoms with Gasteiger partial charge >= 0.3 is 17.5 Å². The fraction of sp³-hybridized carbons (Fsp3) is 0.172. The van der Waals surface area contributed by atoms with Crippen LogP contribution in [0.5, 0.6) is 17.2 Å². The number of ether oxygens (including phenoxy) is 3. The summed E-state index contributed by atoms with van der Waals surface area (Å²) in [7, 11) is 4.68. The molecule has 41 heavy (non-hydrogen) atoms. The molecule has 2 amide bonds. The van der Waals surface area contributed by atoms with Crippen LogP contribution in [0.1, 0.15) is 21.6 Å². The van der Waals surface area contributed by atoms with Gasteiger partial charge in [-0.2, -0.15) is 4.21 Å². The zero-order chi connectivity index (χ0) is 29.4. The van der Waals surface area contributed by atoms with Crippen LogP contribution in [0.15, 0.2) is 84.9 Å². The van der Waals surface area contributed by atoms with Gasteiger partial charge in [-0.25, -0.2) is 4.79 Å². The van der Waals surface area contributed by atoms with Gasteiger partial charge < -0.3 is 23.3 Å². The largest absolute Gasteiger partial charge is 0.497 e. The lowest BCUT2D eigenvalue weighted by Gasteiger charge is -2.17. The van der Waals surface area contributed by atoms with Gasteiger partial charge in [0.05, 0.1) is 7.11 Å². The van der Waals surface area contributed by atoms with Gasteiger partial charge in [0.25, 0.3) is 5.91 Å². The summed E-state index contributed by atoms with van der Waals surface area (Å²) < 4.78 is 44.0. The van der Waals surface area contributed by atoms with Crippen LogP contribution in [0.25, 0.3) is 5.69 Å². The molecular formula is C29H29N3O8S. The number of nitrogens with zero attached hydrogens (tertiary/aromatic N) is 2. The Morgan fingerprint density at radius 3 is 1.88 bits per heavy atom. The van der Waals surface area contributed by atoms with Crippen LogP contribution >= 0.6 is 0 Å². The molecular weight excluding hydrogens is 550 g/mol. The van der Waals surface area contributed by atoms with E-state index in [4.69, 9.17) is 18.8 Å². The molecule has 1 heterocycles. The van der Waals surface area contributed by atoms with Crippen molar-refractivity contribution in [3.8, 4) is 22.9 Å². The number of aromatic nitrogens is 1. The number of methoxy groups -OCH3 is 1. The van der Waals surface area contributed by atoms with E-state index >= 15 is 0 Å². The Labute approximate surface area is 239 Å². The van der Waals surface area contributed by atoms with Crippen LogP contribution in [-0.2, 0) is 28.8 Å². The van der Waals surface area contributed by atoms with Crippen LogP contribution in [0, 0.1) is 0 Å². The van der Waals surface area contributed by atoms with E-state index in [-0.39, 0.29) is 36.2 Å². The maximum Gasteiger partial charge on any atom is 0.428 e. The molecule has 0 aliphatic carbocycles. The molecule has 0 bridgehead atoms. The summed E-state index contributed by atoms with van der Waals surface area (Å²) in [5.74, 6) is 0.133. The molecule has 0 saturated carbocycles. The van der Waals surface area contributed by atoms with Crippen LogP contribution in [0.2, 0.25) is 0 Å². The van der Waals surface area contributed by atoms with Crippen molar-refractivity contribution in [2.45, 2.75) is 13.2 Å². The second-order valence-electron chi connectivity index (χ2n) is 8.85. The highest BCUT2D eigenvalue weighted by atomic mass is 32.2. The van der Waals surface area contributed by atoms with E-state index in [0.29, 0.717) is 11.4 Å². The minimum Gasteiger partial charge on any atom is -0.497 e. The Balaban J connectivity index is 1.94. The highest BCUT2D eigenvalue weighted by Crippen LogP contribution is 2.45. The van der Waals surface area contributed by atoms with E-state index in [1.165, 1.54) is 16.6 Å². The molecule has 214 valence electrons. The normalized spacial score (nSPS) is 11.3. The predicted octanol–water partition coefficient (Wildman–Crippen LogP) is 5.03. The van der Waals surface area contributed by atoms with Crippen molar-refractivity contribution in [1.29, 1.82) is 0 Å². The lowest BCUT2D eigenvalue weighted by Crippen LogP contribution is -2.26. The summed E-state index contributed by atoms with van der Waals surface area (Å²) in [5.41, 5.74) is 2.12. The summed E-state index contributed by atoms with van der Waals surface area (Å²) in [4.78, 5) is 27.7. The lowest BCUT2D eigenvalue weighted by molar-refractivity contribution is 0.0814.